The van der Waals surface area contributed by atoms with Crippen LogP contribution in [0.1, 0.15) is 32.8 Å². The minimum Gasteiger partial charge on any atom is -0.495 e. The molecule has 9 heteroatoms. The molecule has 0 bridgehead atoms. The van der Waals surface area contributed by atoms with Crippen LogP contribution in [0.3, 0.4) is 0 Å². The zero-order chi connectivity index (χ0) is 26.0. The number of ether oxygens (including phenoxy) is 1. The molecule has 0 aliphatic carbocycles. The summed E-state index contributed by atoms with van der Waals surface area (Å²) < 4.78 is 31.8. The van der Waals surface area contributed by atoms with E-state index in [1.165, 1.54) is 12.0 Å². The van der Waals surface area contributed by atoms with E-state index in [4.69, 9.17) is 4.74 Å². The number of sulfonamides is 1. The maximum Gasteiger partial charge on any atom is 0.244 e. The zero-order valence-electron chi connectivity index (χ0n) is 21.2. The van der Waals surface area contributed by atoms with Crippen molar-refractivity contribution in [3.8, 4) is 5.75 Å². The van der Waals surface area contributed by atoms with Gasteiger partial charge in [-0.2, -0.15) is 0 Å². The van der Waals surface area contributed by atoms with Crippen LogP contribution in [0, 0.1) is 5.92 Å². The molecule has 2 aromatic rings. The van der Waals surface area contributed by atoms with Gasteiger partial charge in [-0.05, 0) is 36.5 Å². The number of anilines is 1. The van der Waals surface area contributed by atoms with E-state index in [0.29, 0.717) is 25.1 Å². The molecule has 8 nitrogen and oxygen atoms in total. The lowest BCUT2D eigenvalue weighted by molar-refractivity contribution is -0.139. The average molecular weight is 504 g/mol. The molecule has 35 heavy (non-hydrogen) atoms. The van der Waals surface area contributed by atoms with Gasteiger partial charge >= 0.3 is 0 Å². The number of hydrogen-bond donors (Lipinski definition) is 1. The second-order valence-corrected chi connectivity index (χ2v) is 10.7. The van der Waals surface area contributed by atoms with Crippen LogP contribution in [0.4, 0.5) is 5.69 Å². The number of nitrogens with one attached hydrogen (secondary N) is 1. The van der Waals surface area contributed by atoms with Gasteiger partial charge < -0.3 is 15.0 Å². The van der Waals surface area contributed by atoms with Crippen molar-refractivity contribution >= 4 is 27.5 Å². The van der Waals surface area contributed by atoms with Crippen LogP contribution in [0.15, 0.2) is 54.6 Å². The molecule has 2 aromatic carbocycles. The average Bonchev–Trinajstić information content (AvgIpc) is 2.83. The molecule has 2 amide bonds. The maximum atomic E-state index is 13.6. The number of carbonyl (C=O) groups is 2. The quantitative estimate of drug-likeness (QED) is 0.453. The van der Waals surface area contributed by atoms with E-state index in [1.54, 1.807) is 24.3 Å². The highest BCUT2D eigenvalue weighted by Crippen LogP contribution is 2.29. The first kappa shape index (κ1) is 28.2. The fourth-order valence-electron chi connectivity index (χ4n) is 3.75. The van der Waals surface area contributed by atoms with E-state index in [0.717, 1.165) is 16.1 Å². The summed E-state index contributed by atoms with van der Waals surface area (Å²) in [5.74, 6) is -0.103. The van der Waals surface area contributed by atoms with Crippen LogP contribution in [0.2, 0.25) is 0 Å². The molecular formula is C26H37N3O5S. The monoisotopic (exact) mass is 503 g/mol. The number of rotatable bonds is 13. The van der Waals surface area contributed by atoms with Gasteiger partial charge in [0.05, 0.1) is 19.1 Å². The lowest BCUT2D eigenvalue weighted by Crippen LogP contribution is -2.53. The van der Waals surface area contributed by atoms with Crippen LogP contribution in [-0.4, -0.2) is 64.2 Å². The Morgan fingerprint density at radius 1 is 1.03 bits per heavy atom. The minimum atomic E-state index is -3.82. The second-order valence-electron chi connectivity index (χ2n) is 8.83. The molecule has 0 aliphatic heterocycles. The van der Waals surface area contributed by atoms with Gasteiger partial charge in [0.15, 0.2) is 0 Å². The summed E-state index contributed by atoms with van der Waals surface area (Å²) in [6.45, 7) is 6.17. The molecule has 2 rings (SSSR count). The van der Waals surface area contributed by atoms with E-state index in [2.05, 4.69) is 5.32 Å². The van der Waals surface area contributed by atoms with E-state index in [9.17, 15) is 18.0 Å². The SMILES string of the molecule is CC[C@@H](C(=O)NCC(C)C)N(CCc1ccccc1)C(=O)CN(c1ccccc1OC)S(C)(=O)=O. The van der Waals surface area contributed by atoms with Crippen molar-refractivity contribution in [3.05, 3.63) is 60.2 Å². The third-order valence-corrected chi connectivity index (χ3v) is 6.71. The van der Waals surface area contributed by atoms with Crippen molar-refractivity contribution in [2.45, 2.75) is 39.7 Å². The van der Waals surface area contributed by atoms with Gasteiger partial charge in [-0.1, -0.05) is 63.2 Å². The summed E-state index contributed by atoms with van der Waals surface area (Å²) in [7, 11) is -2.37. The van der Waals surface area contributed by atoms with Gasteiger partial charge in [0.1, 0.15) is 18.3 Å². The summed E-state index contributed by atoms with van der Waals surface area (Å²) >= 11 is 0. The van der Waals surface area contributed by atoms with Gasteiger partial charge in [0, 0.05) is 13.1 Å². The first-order valence-corrected chi connectivity index (χ1v) is 13.6. The smallest absolute Gasteiger partial charge is 0.244 e. The first-order valence-electron chi connectivity index (χ1n) is 11.8. The predicted molar refractivity (Wildman–Crippen MR) is 139 cm³/mol. The Labute approximate surface area is 209 Å². The summed E-state index contributed by atoms with van der Waals surface area (Å²) in [6.07, 6.45) is 1.99. The summed E-state index contributed by atoms with van der Waals surface area (Å²) in [5.41, 5.74) is 1.29. The largest absolute Gasteiger partial charge is 0.495 e. The standard InChI is InChI=1S/C26H37N3O5S/c1-6-22(26(31)27-18-20(2)3)28(17-16-21-12-8-7-9-13-21)25(30)19-29(35(5,32)33)23-14-10-11-15-24(23)34-4/h7-15,20,22H,6,16-19H2,1-5H3,(H,27,31)/t22-/m0/s1. The zero-order valence-corrected chi connectivity index (χ0v) is 22.0. The minimum absolute atomic E-state index is 0.245. The summed E-state index contributed by atoms with van der Waals surface area (Å²) in [4.78, 5) is 28.2. The molecule has 0 spiro atoms. The molecule has 0 saturated heterocycles. The number of carbonyl (C=O) groups excluding carboxylic acids is 2. The van der Waals surface area contributed by atoms with E-state index in [-0.39, 0.29) is 24.1 Å². The Balaban J connectivity index is 2.38. The van der Waals surface area contributed by atoms with Crippen molar-refractivity contribution < 1.29 is 22.7 Å². The fourth-order valence-corrected chi connectivity index (χ4v) is 4.60. The fraction of sp³-hybridized carbons (Fsp3) is 0.462. The van der Waals surface area contributed by atoms with Gasteiger partial charge in [-0.25, -0.2) is 8.42 Å². The molecule has 0 fully saturated rings. The molecule has 0 saturated carbocycles. The molecule has 0 unspecified atom stereocenters. The highest BCUT2D eigenvalue weighted by molar-refractivity contribution is 7.92. The molecule has 0 heterocycles. The summed E-state index contributed by atoms with van der Waals surface area (Å²) in [5, 5.41) is 2.92. The van der Waals surface area contributed by atoms with Crippen LogP contribution in [0.5, 0.6) is 5.75 Å². The highest BCUT2D eigenvalue weighted by Gasteiger charge is 2.32. The van der Waals surface area contributed by atoms with Gasteiger partial charge in [0.2, 0.25) is 21.8 Å². The van der Waals surface area contributed by atoms with Crippen LogP contribution < -0.4 is 14.4 Å². The molecule has 0 aromatic heterocycles. The Hall–Kier alpha value is -3.07. The lowest BCUT2D eigenvalue weighted by Gasteiger charge is -2.33. The van der Waals surface area contributed by atoms with E-state index >= 15 is 0 Å². The Morgan fingerprint density at radius 3 is 2.23 bits per heavy atom. The second kappa shape index (κ2) is 13.1. The maximum absolute atomic E-state index is 13.6. The Bertz CT molecular complexity index is 1070. The molecule has 0 radical (unpaired) electrons. The molecule has 1 N–H and O–H groups in total. The third-order valence-electron chi connectivity index (χ3n) is 5.59. The number of methoxy groups -OCH3 is 1. The van der Waals surface area contributed by atoms with Crippen LogP contribution in [0.25, 0.3) is 0 Å². The molecular weight excluding hydrogens is 466 g/mol. The van der Waals surface area contributed by atoms with Crippen LogP contribution >= 0.6 is 0 Å². The van der Waals surface area contributed by atoms with Crippen LogP contribution in [-0.2, 0) is 26.0 Å². The van der Waals surface area contributed by atoms with Crippen molar-refractivity contribution in [3.63, 3.8) is 0 Å². The lowest BCUT2D eigenvalue weighted by atomic mass is 10.1. The van der Waals surface area contributed by atoms with Crippen molar-refractivity contribution in [2.24, 2.45) is 5.92 Å². The molecule has 0 aliphatic rings. The number of para-hydroxylation sites is 2. The number of amides is 2. The van der Waals surface area contributed by atoms with Crippen molar-refractivity contribution in [1.29, 1.82) is 0 Å². The van der Waals surface area contributed by atoms with Gasteiger partial charge in [-0.3, -0.25) is 13.9 Å². The Morgan fingerprint density at radius 2 is 1.66 bits per heavy atom. The number of nitrogens with zero attached hydrogens (tertiary/aromatic N) is 2. The highest BCUT2D eigenvalue weighted by atomic mass is 32.2. The van der Waals surface area contributed by atoms with Gasteiger partial charge in [-0.15, -0.1) is 0 Å². The third kappa shape index (κ3) is 8.28. The topological polar surface area (TPSA) is 96.0 Å². The van der Waals surface area contributed by atoms with Crippen molar-refractivity contribution in [1.82, 2.24) is 10.2 Å². The van der Waals surface area contributed by atoms with Gasteiger partial charge in [0.25, 0.3) is 0 Å². The number of hydrogen-bond acceptors (Lipinski definition) is 5. The normalized spacial score (nSPS) is 12.2. The van der Waals surface area contributed by atoms with Crippen molar-refractivity contribution in [2.75, 3.05) is 37.3 Å². The summed E-state index contributed by atoms with van der Waals surface area (Å²) in [6, 6.07) is 15.6. The van der Waals surface area contributed by atoms with E-state index < -0.39 is 28.5 Å². The first-order chi connectivity index (χ1) is 16.6. The molecule has 1 atom stereocenters. The number of benzene rings is 2. The van der Waals surface area contributed by atoms with E-state index in [1.807, 2.05) is 51.1 Å². The molecule has 192 valence electrons. The Kier molecular flexibility index (Phi) is 10.6. The predicted octanol–water partition coefficient (Wildman–Crippen LogP) is 3.08.